The van der Waals surface area contributed by atoms with E-state index < -0.39 is 0 Å². The van der Waals surface area contributed by atoms with Gasteiger partial charge in [-0.1, -0.05) is 49.2 Å². The molecule has 0 aliphatic carbocycles. The van der Waals surface area contributed by atoms with Crippen LogP contribution in [-0.4, -0.2) is 10.9 Å². The number of halogens is 2. The van der Waals surface area contributed by atoms with E-state index in [0.717, 1.165) is 16.7 Å². The molecule has 1 amide bonds. The van der Waals surface area contributed by atoms with E-state index in [0.29, 0.717) is 33.1 Å². The molecule has 4 nitrogen and oxygen atoms in total. The number of carbonyl (C=O) groups excluding carboxylic acids is 1. The van der Waals surface area contributed by atoms with Crippen molar-refractivity contribution in [1.82, 2.24) is 4.98 Å². The Morgan fingerprint density at radius 3 is 2.59 bits per heavy atom. The van der Waals surface area contributed by atoms with Gasteiger partial charge >= 0.3 is 0 Å². The highest BCUT2D eigenvalue weighted by Gasteiger charge is 2.12. The molecule has 4 aromatic rings. The van der Waals surface area contributed by atoms with Gasteiger partial charge < -0.3 is 9.73 Å². The molecule has 0 radical (unpaired) electrons. The fourth-order valence-corrected chi connectivity index (χ4v) is 3.30. The van der Waals surface area contributed by atoms with Crippen LogP contribution in [0.25, 0.3) is 22.6 Å². The lowest BCUT2D eigenvalue weighted by Gasteiger charge is -2.07. The summed E-state index contributed by atoms with van der Waals surface area (Å²) in [6.45, 7) is 4.28. The lowest BCUT2D eigenvalue weighted by molar-refractivity contribution is 0.102. The third-order valence-electron chi connectivity index (χ3n) is 4.63. The quantitative estimate of drug-likeness (QED) is 0.377. The number of fused-ring (bicyclic) bond motifs is 1. The van der Waals surface area contributed by atoms with Crippen LogP contribution in [0.15, 0.2) is 65.1 Å². The van der Waals surface area contributed by atoms with Gasteiger partial charge in [-0.05, 0) is 60.0 Å². The molecule has 4 rings (SSSR count). The first-order chi connectivity index (χ1) is 13.9. The lowest BCUT2D eigenvalue weighted by Crippen LogP contribution is -2.11. The molecule has 3 aromatic carbocycles. The Morgan fingerprint density at radius 1 is 1.00 bits per heavy atom. The Hall–Kier alpha value is -2.82. The lowest BCUT2D eigenvalue weighted by atomic mass is 10.0. The summed E-state index contributed by atoms with van der Waals surface area (Å²) in [7, 11) is 0. The Labute approximate surface area is 178 Å². The molecule has 0 aliphatic heterocycles. The molecule has 0 bridgehead atoms. The molecule has 0 fully saturated rings. The number of hydrogen-bond acceptors (Lipinski definition) is 3. The van der Waals surface area contributed by atoms with Gasteiger partial charge in [-0.25, -0.2) is 4.98 Å². The zero-order chi connectivity index (χ0) is 20.5. The van der Waals surface area contributed by atoms with Crippen LogP contribution in [0.2, 0.25) is 10.0 Å². The first kappa shape index (κ1) is 19.5. The number of carbonyl (C=O) groups is 1. The third-order valence-corrected chi connectivity index (χ3v) is 5.37. The van der Waals surface area contributed by atoms with E-state index >= 15 is 0 Å². The minimum Gasteiger partial charge on any atom is -0.436 e. The average Bonchev–Trinajstić information content (AvgIpc) is 3.13. The highest BCUT2D eigenvalue weighted by Crippen LogP contribution is 2.29. The topological polar surface area (TPSA) is 55.1 Å². The van der Waals surface area contributed by atoms with E-state index in [2.05, 4.69) is 30.2 Å². The van der Waals surface area contributed by atoms with Gasteiger partial charge in [0.05, 0.1) is 10.0 Å². The molecule has 0 atom stereocenters. The minimum absolute atomic E-state index is 0.278. The number of benzene rings is 3. The zero-order valence-electron chi connectivity index (χ0n) is 15.9. The molecule has 6 heteroatoms. The summed E-state index contributed by atoms with van der Waals surface area (Å²) in [5.41, 5.74) is 4.59. The predicted molar refractivity (Wildman–Crippen MR) is 118 cm³/mol. The van der Waals surface area contributed by atoms with E-state index in [4.69, 9.17) is 27.6 Å². The average molecular weight is 425 g/mol. The summed E-state index contributed by atoms with van der Waals surface area (Å²) in [6, 6.07) is 18.2. The van der Waals surface area contributed by atoms with Crippen molar-refractivity contribution in [3.8, 4) is 11.5 Å². The van der Waals surface area contributed by atoms with Crippen molar-refractivity contribution in [1.29, 1.82) is 0 Å². The number of amides is 1. The van der Waals surface area contributed by atoms with Crippen molar-refractivity contribution in [2.45, 2.75) is 19.8 Å². The number of oxazole rings is 1. The first-order valence-electron chi connectivity index (χ1n) is 9.18. The Morgan fingerprint density at radius 2 is 1.83 bits per heavy atom. The van der Waals surface area contributed by atoms with E-state index in [1.165, 1.54) is 11.6 Å². The smallest absolute Gasteiger partial charge is 0.255 e. The van der Waals surface area contributed by atoms with Crippen molar-refractivity contribution in [3.63, 3.8) is 0 Å². The van der Waals surface area contributed by atoms with Crippen LogP contribution in [-0.2, 0) is 0 Å². The van der Waals surface area contributed by atoms with Crippen LogP contribution in [0.3, 0.4) is 0 Å². The van der Waals surface area contributed by atoms with Crippen molar-refractivity contribution in [3.05, 3.63) is 81.8 Å². The molecule has 0 saturated heterocycles. The van der Waals surface area contributed by atoms with E-state index in [-0.39, 0.29) is 5.91 Å². The van der Waals surface area contributed by atoms with Crippen LogP contribution in [0.4, 0.5) is 5.69 Å². The van der Waals surface area contributed by atoms with E-state index in [1.54, 1.807) is 18.2 Å². The van der Waals surface area contributed by atoms with Crippen LogP contribution in [0.1, 0.15) is 35.7 Å². The van der Waals surface area contributed by atoms with Gasteiger partial charge in [0.15, 0.2) is 5.58 Å². The standard InChI is InChI=1S/C23H18Cl2N2O2/c1-13(2)14-7-9-21-20(12-14)27-23(29-21)16-4-3-5-17(10-16)26-22(28)15-6-8-18(24)19(25)11-15/h3-13H,1-2H3,(H,26,28). The van der Waals surface area contributed by atoms with Crippen LogP contribution in [0, 0.1) is 0 Å². The normalized spacial score (nSPS) is 11.2. The summed E-state index contributed by atoms with van der Waals surface area (Å²) in [5.74, 6) is 0.644. The third kappa shape index (κ3) is 4.14. The van der Waals surface area contributed by atoms with Crippen LogP contribution >= 0.6 is 23.2 Å². The van der Waals surface area contributed by atoms with Gasteiger partial charge in [0.25, 0.3) is 5.91 Å². The minimum atomic E-state index is -0.278. The predicted octanol–water partition coefficient (Wildman–Crippen LogP) is 7.18. The van der Waals surface area contributed by atoms with Crippen molar-refractivity contribution >= 4 is 45.9 Å². The number of anilines is 1. The summed E-state index contributed by atoms with van der Waals surface area (Å²) in [5, 5.41) is 3.60. The summed E-state index contributed by atoms with van der Waals surface area (Å²) < 4.78 is 5.91. The molecule has 0 spiro atoms. The number of rotatable bonds is 4. The maximum Gasteiger partial charge on any atom is 0.255 e. The molecule has 1 N–H and O–H groups in total. The largest absolute Gasteiger partial charge is 0.436 e. The summed E-state index contributed by atoms with van der Waals surface area (Å²) in [4.78, 5) is 17.1. The second-order valence-corrected chi connectivity index (χ2v) is 7.88. The molecule has 1 heterocycles. The maximum absolute atomic E-state index is 12.5. The number of hydrogen-bond donors (Lipinski definition) is 1. The van der Waals surface area contributed by atoms with E-state index in [9.17, 15) is 4.79 Å². The molecule has 0 unspecified atom stereocenters. The Bertz CT molecular complexity index is 1210. The fourth-order valence-electron chi connectivity index (χ4n) is 3.00. The SMILES string of the molecule is CC(C)c1ccc2oc(-c3cccc(NC(=O)c4ccc(Cl)c(Cl)c4)c3)nc2c1. The molecular weight excluding hydrogens is 407 g/mol. The second kappa shape index (κ2) is 7.90. The second-order valence-electron chi connectivity index (χ2n) is 7.06. The van der Waals surface area contributed by atoms with Gasteiger partial charge in [0, 0.05) is 16.8 Å². The maximum atomic E-state index is 12.5. The molecule has 0 saturated carbocycles. The molecule has 1 aromatic heterocycles. The summed E-state index contributed by atoms with van der Waals surface area (Å²) >= 11 is 11.9. The highest BCUT2D eigenvalue weighted by atomic mass is 35.5. The molecule has 0 aliphatic rings. The number of nitrogens with zero attached hydrogens (tertiary/aromatic N) is 1. The van der Waals surface area contributed by atoms with Crippen molar-refractivity contribution in [2.75, 3.05) is 5.32 Å². The van der Waals surface area contributed by atoms with Gasteiger partial charge in [-0.2, -0.15) is 0 Å². The first-order valence-corrected chi connectivity index (χ1v) is 9.93. The Balaban J connectivity index is 1.60. The van der Waals surface area contributed by atoms with Gasteiger partial charge in [-0.3, -0.25) is 4.79 Å². The van der Waals surface area contributed by atoms with Crippen molar-refractivity contribution in [2.24, 2.45) is 0 Å². The summed E-state index contributed by atoms with van der Waals surface area (Å²) in [6.07, 6.45) is 0. The van der Waals surface area contributed by atoms with Crippen LogP contribution < -0.4 is 5.32 Å². The highest BCUT2D eigenvalue weighted by molar-refractivity contribution is 6.42. The zero-order valence-corrected chi connectivity index (χ0v) is 17.4. The van der Waals surface area contributed by atoms with Gasteiger partial charge in [0.1, 0.15) is 5.52 Å². The van der Waals surface area contributed by atoms with E-state index in [1.807, 2.05) is 30.3 Å². The molecule has 29 heavy (non-hydrogen) atoms. The van der Waals surface area contributed by atoms with Gasteiger partial charge in [0.2, 0.25) is 5.89 Å². The fraction of sp³-hybridized carbons (Fsp3) is 0.130. The Kier molecular flexibility index (Phi) is 5.31. The van der Waals surface area contributed by atoms with Crippen LogP contribution in [0.5, 0.6) is 0 Å². The molecular formula is C23H18Cl2N2O2. The van der Waals surface area contributed by atoms with Gasteiger partial charge in [-0.15, -0.1) is 0 Å². The van der Waals surface area contributed by atoms with Crippen molar-refractivity contribution < 1.29 is 9.21 Å². The monoisotopic (exact) mass is 424 g/mol. The molecule has 146 valence electrons. The number of aromatic nitrogens is 1. The number of nitrogens with one attached hydrogen (secondary N) is 1.